The van der Waals surface area contributed by atoms with Gasteiger partial charge in [0.1, 0.15) is 5.78 Å². The van der Waals surface area contributed by atoms with Crippen molar-refractivity contribution in [2.45, 2.75) is 31.3 Å². The summed E-state index contributed by atoms with van der Waals surface area (Å²) in [6.07, 6.45) is 0.358. The monoisotopic (exact) mass is 258 g/mol. The van der Waals surface area contributed by atoms with Crippen LogP contribution in [0, 0.1) is 0 Å². The van der Waals surface area contributed by atoms with Crippen LogP contribution in [0.4, 0.5) is 0 Å². The molecule has 0 aromatic heterocycles. The number of benzene rings is 1. The third-order valence-corrected chi connectivity index (χ3v) is 4.31. The summed E-state index contributed by atoms with van der Waals surface area (Å²) in [6.45, 7) is 3.34. The minimum Gasteiger partial charge on any atom is -0.300 e. The average Bonchev–Trinajstić information content (AvgIpc) is 2.20. The van der Waals surface area contributed by atoms with Crippen molar-refractivity contribution in [3.8, 4) is 0 Å². The maximum absolute atomic E-state index is 11.9. The predicted octanol–water partition coefficient (Wildman–Crippen LogP) is 2.96. The third-order valence-electron chi connectivity index (χ3n) is 2.28. The van der Waals surface area contributed by atoms with Gasteiger partial charge in [0.05, 0.1) is 5.75 Å². The standard InChI is InChI=1S/C12H15ClO2S/c1-9(14)7-10(2)16(15)8-11-5-3-4-6-12(11)13/h3-6,10H,7-8H2,1-2H3. The first-order valence-electron chi connectivity index (χ1n) is 5.10. The molecule has 0 fully saturated rings. The van der Waals surface area contributed by atoms with Gasteiger partial charge >= 0.3 is 0 Å². The molecule has 2 unspecified atom stereocenters. The van der Waals surface area contributed by atoms with E-state index in [1.807, 2.05) is 25.1 Å². The fraction of sp³-hybridized carbons (Fsp3) is 0.417. The van der Waals surface area contributed by atoms with Crippen molar-refractivity contribution in [3.63, 3.8) is 0 Å². The van der Waals surface area contributed by atoms with Crippen LogP contribution < -0.4 is 0 Å². The topological polar surface area (TPSA) is 34.1 Å². The molecule has 1 rings (SSSR count). The summed E-state index contributed by atoms with van der Waals surface area (Å²) in [6, 6.07) is 7.35. The Morgan fingerprint density at radius 3 is 2.62 bits per heavy atom. The number of rotatable bonds is 5. The van der Waals surface area contributed by atoms with Gasteiger partial charge in [0.15, 0.2) is 0 Å². The highest BCUT2D eigenvalue weighted by atomic mass is 35.5. The molecule has 4 heteroatoms. The third kappa shape index (κ3) is 4.06. The fourth-order valence-electron chi connectivity index (χ4n) is 1.41. The molecule has 2 atom stereocenters. The Kier molecular flexibility index (Phi) is 5.16. The van der Waals surface area contributed by atoms with E-state index in [9.17, 15) is 9.00 Å². The maximum atomic E-state index is 11.9. The van der Waals surface area contributed by atoms with Gasteiger partial charge in [-0.15, -0.1) is 0 Å². The van der Waals surface area contributed by atoms with E-state index in [1.165, 1.54) is 6.92 Å². The van der Waals surface area contributed by atoms with Crippen LogP contribution >= 0.6 is 11.6 Å². The van der Waals surface area contributed by atoms with Crippen molar-refractivity contribution >= 4 is 28.2 Å². The lowest BCUT2D eigenvalue weighted by atomic mass is 10.2. The zero-order valence-corrected chi connectivity index (χ0v) is 11.0. The predicted molar refractivity (Wildman–Crippen MR) is 68.1 cm³/mol. The lowest BCUT2D eigenvalue weighted by Gasteiger charge is -2.10. The van der Waals surface area contributed by atoms with E-state index in [-0.39, 0.29) is 11.0 Å². The quantitative estimate of drug-likeness (QED) is 0.814. The van der Waals surface area contributed by atoms with E-state index in [2.05, 4.69) is 0 Å². The molecular formula is C12H15ClO2S. The molecule has 0 amide bonds. The molecule has 2 nitrogen and oxygen atoms in total. The molecule has 0 spiro atoms. The zero-order valence-electron chi connectivity index (χ0n) is 9.40. The van der Waals surface area contributed by atoms with Crippen molar-refractivity contribution in [2.75, 3.05) is 0 Å². The Bertz CT molecular complexity index is 404. The van der Waals surface area contributed by atoms with E-state index in [4.69, 9.17) is 11.6 Å². The van der Waals surface area contributed by atoms with E-state index >= 15 is 0 Å². The highest BCUT2D eigenvalue weighted by Crippen LogP contribution is 2.18. The van der Waals surface area contributed by atoms with Crippen LogP contribution in [-0.2, 0) is 21.3 Å². The number of carbonyl (C=O) groups is 1. The first kappa shape index (κ1) is 13.4. The Balaban J connectivity index is 2.64. The van der Waals surface area contributed by atoms with Crippen molar-refractivity contribution in [2.24, 2.45) is 0 Å². The fourth-order valence-corrected chi connectivity index (χ4v) is 2.95. The summed E-state index contributed by atoms with van der Waals surface area (Å²) < 4.78 is 11.9. The van der Waals surface area contributed by atoms with Crippen molar-refractivity contribution in [1.29, 1.82) is 0 Å². The van der Waals surface area contributed by atoms with Gasteiger partial charge in [-0.2, -0.15) is 0 Å². The first-order valence-corrected chi connectivity index (χ1v) is 6.86. The van der Waals surface area contributed by atoms with E-state index < -0.39 is 10.8 Å². The van der Waals surface area contributed by atoms with Crippen LogP contribution in [0.25, 0.3) is 0 Å². The molecule has 1 aromatic carbocycles. The number of halogens is 1. The molecule has 0 N–H and O–H groups in total. The van der Waals surface area contributed by atoms with Crippen molar-refractivity contribution < 1.29 is 9.00 Å². The lowest BCUT2D eigenvalue weighted by Crippen LogP contribution is -2.16. The number of Topliss-reactive ketones (excluding diaryl/α,β-unsaturated/α-hetero) is 1. The number of ketones is 1. The molecule has 0 bridgehead atoms. The Labute approximate surface area is 103 Å². The minimum absolute atomic E-state index is 0.0695. The largest absolute Gasteiger partial charge is 0.300 e. The Morgan fingerprint density at radius 1 is 1.44 bits per heavy atom. The van der Waals surface area contributed by atoms with Gasteiger partial charge in [0.2, 0.25) is 0 Å². The molecule has 0 heterocycles. The summed E-state index contributed by atoms with van der Waals surface area (Å²) in [5, 5.41) is 0.514. The summed E-state index contributed by atoms with van der Waals surface area (Å²) in [5.74, 6) is 0.480. The Morgan fingerprint density at radius 2 is 2.06 bits per heavy atom. The van der Waals surface area contributed by atoms with Crippen LogP contribution in [0.3, 0.4) is 0 Å². The molecule has 16 heavy (non-hydrogen) atoms. The number of hydrogen-bond donors (Lipinski definition) is 0. The van der Waals surface area contributed by atoms with E-state index in [0.29, 0.717) is 17.2 Å². The molecule has 88 valence electrons. The highest BCUT2D eigenvalue weighted by molar-refractivity contribution is 7.84. The van der Waals surface area contributed by atoms with Gasteiger partial charge < -0.3 is 0 Å². The smallest absolute Gasteiger partial charge is 0.131 e. The van der Waals surface area contributed by atoms with Crippen LogP contribution in [0.2, 0.25) is 5.02 Å². The SMILES string of the molecule is CC(=O)CC(C)S(=O)Cc1ccccc1Cl. The number of hydrogen-bond acceptors (Lipinski definition) is 2. The number of carbonyl (C=O) groups excluding carboxylic acids is 1. The second-order valence-corrected chi connectivity index (χ2v) is 6.10. The molecule has 0 aliphatic heterocycles. The van der Waals surface area contributed by atoms with E-state index in [1.54, 1.807) is 6.07 Å². The summed E-state index contributed by atoms with van der Waals surface area (Å²) >= 11 is 5.98. The molecule has 0 aliphatic carbocycles. The van der Waals surface area contributed by atoms with E-state index in [0.717, 1.165) is 5.56 Å². The second-order valence-electron chi connectivity index (χ2n) is 3.83. The van der Waals surface area contributed by atoms with Gasteiger partial charge in [-0.25, -0.2) is 0 Å². The van der Waals surface area contributed by atoms with Gasteiger partial charge in [0, 0.05) is 27.5 Å². The average molecular weight is 259 g/mol. The summed E-state index contributed by atoms with van der Waals surface area (Å²) in [7, 11) is -1.05. The molecule has 0 radical (unpaired) electrons. The molecule has 1 aromatic rings. The van der Waals surface area contributed by atoms with Gasteiger partial charge in [-0.1, -0.05) is 36.7 Å². The van der Waals surface area contributed by atoms with Crippen LogP contribution in [0.1, 0.15) is 25.8 Å². The summed E-state index contributed by atoms with van der Waals surface area (Å²) in [5.41, 5.74) is 0.873. The minimum atomic E-state index is -1.05. The van der Waals surface area contributed by atoms with Gasteiger partial charge in [-0.3, -0.25) is 9.00 Å². The van der Waals surface area contributed by atoms with Crippen LogP contribution in [0.5, 0.6) is 0 Å². The Hall–Kier alpha value is -0.670. The molecule has 0 saturated heterocycles. The van der Waals surface area contributed by atoms with Crippen LogP contribution in [-0.4, -0.2) is 15.2 Å². The molecule has 0 aliphatic rings. The second kappa shape index (κ2) is 6.16. The van der Waals surface area contributed by atoms with Gasteiger partial charge in [0.25, 0.3) is 0 Å². The van der Waals surface area contributed by atoms with Crippen molar-refractivity contribution in [1.82, 2.24) is 0 Å². The highest BCUT2D eigenvalue weighted by Gasteiger charge is 2.14. The molecular weight excluding hydrogens is 244 g/mol. The summed E-state index contributed by atoms with van der Waals surface area (Å²) in [4.78, 5) is 10.9. The molecule has 0 saturated carbocycles. The normalized spacial score (nSPS) is 14.4. The lowest BCUT2D eigenvalue weighted by molar-refractivity contribution is -0.116. The maximum Gasteiger partial charge on any atom is 0.131 e. The first-order chi connectivity index (χ1) is 7.50. The van der Waals surface area contributed by atoms with Crippen LogP contribution in [0.15, 0.2) is 24.3 Å². The van der Waals surface area contributed by atoms with Crippen molar-refractivity contribution in [3.05, 3.63) is 34.9 Å². The zero-order chi connectivity index (χ0) is 12.1. The van der Waals surface area contributed by atoms with Gasteiger partial charge in [-0.05, 0) is 18.6 Å².